The van der Waals surface area contributed by atoms with Crippen molar-refractivity contribution in [2.24, 2.45) is 0 Å². The summed E-state index contributed by atoms with van der Waals surface area (Å²) in [5, 5.41) is 1.01. The van der Waals surface area contributed by atoms with Gasteiger partial charge in [0.1, 0.15) is 0 Å². The van der Waals surface area contributed by atoms with Gasteiger partial charge in [0.2, 0.25) is 0 Å². The molecule has 1 atom stereocenters. The monoisotopic (exact) mass is 334 g/mol. The highest BCUT2D eigenvalue weighted by Crippen LogP contribution is 2.29. The first-order valence-electron chi connectivity index (χ1n) is 6.51. The van der Waals surface area contributed by atoms with Crippen LogP contribution in [0.2, 0.25) is 0 Å². The van der Waals surface area contributed by atoms with Crippen LogP contribution in [-0.2, 0) is 0 Å². The second-order valence-electron chi connectivity index (χ2n) is 4.84. The van der Waals surface area contributed by atoms with Crippen molar-refractivity contribution in [3.05, 3.63) is 65.2 Å². The largest absolute Gasteiger partial charge is 0.125 e. The normalized spacial score (nSPS) is 12.4. The summed E-state index contributed by atoms with van der Waals surface area (Å²) in [5.41, 5.74) is 4.13. The molecule has 0 radical (unpaired) electrons. The van der Waals surface area contributed by atoms with Crippen molar-refractivity contribution in [2.45, 2.75) is 24.7 Å². The van der Waals surface area contributed by atoms with Crippen LogP contribution >= 0.6 is 27.7 Å². The minimum Gasteiger partial charge on any atom is -0.125 e. The third-order valence-electron chi connectivity index (χ3n) is 3.23. The molecule has 0 N–H and O–H groups in total. The van der Waals surface area contributed by atoms with Crippen LogP contribution in [0, 0.1) is 13.8 Å². The van der Waals surface area contributed by atoms with Crippen LogP contribution in [0.3, 0.4) is 0 Å². The molecule has 0 spiro atoms. The molecule has 0 bridgehead atoms. The molecule has 1 unspecified atom stereocenters. The summed E-state index contributed by atoms with van der Waals surface area (Å²) >= 11 is 5.60. The van der Waals surface area contributed by atoms with Crippen molar-refractivity contribution in [1.29, 1.82) is 0 Å². The van der Waals surface area contributed by atoms with E-state index in [1.54, 1.807) is 0 Å². The lowest BCUT2D eigenvalue weighted by Crippen LogP contribution is -2.03. The maximum Gasteiger partial charge on any atom is 0.0108 e. The van der Waals surface area contributed by atoms with E-state index in [0.717, 1.165) is 11.1 Å². The maximum atomic E-state index is 3.64. The van der Waals surface area contributed by atoms with Crippen molar-refractivity contribution in [3.63, 3.8) is 0 Å². The van der Waals surface area contributed by atoms with Gasteiger partial charge in [0.05, 0.1) is 0 Å². The number of rotatable bonds is 5. The third kappa shape index (κ3) is 4.12. The fourth-order valence-corrected chi connectivity index (χ4v) is 4.15. The Balaban J connectivity index is 2.04. The van der Waals surface area contributed by atoms with Crippen LogP contribution in [0.15, 0.2) is 53.4 Å². The molecule has 0 heterocycles. The first-order valence-corrected chi connectivity index (χ1v) is 8.62. The number of thioether (sulfide) groups is 1. The average molecular weight is 335 g/mol. The smallest absolute Gasteiger partial charge is 0.0108 e. The van der Waals surface area contributed by atoms with E-state index in [1.807, 2.05) is 11.8 Å². The van der Waals surface area contributed by atoms with Gasteiger partial charge in [-0.25, -0.2) is 0 Å². The van der Waals surface area contributed by atoms with E-state index in [1.165, 1.54) is 21.6 Å². The minimum atomic E-state index is 0.562. The van der Waals surface area contributed by atoms with E-state index in [0.29, 0.717) is 5.92 Å². The summed E-state index contributed by atoms with van der Waals surface area (Å²) in [6.07, 6.45) is 0. The van der Waals surface area contributed by atoms with Gasteiger partial charge in [-0.05, 0) is 31.0 Å². The Labute approximate surface area is 128 Å². The highest BCUT2D eigenvalue weighted by molar-refractivity contribution is 9.09. The second-order valence-corrected chi connectivity index (χ2v) is 6.55. The SMILES string of the molecule is Cc1ccc(SCC(CBr)c2ccccc2)c(C)c1. The number of hydrogen-bond donors (Lipinski definition) is 0. The molecular formula is C17H19BrS. The maximum absolute atomic E-state index is 3.64. The number of halogens is 1. The number of aryl methyl sites for hydroxylation is 2. The van der Waals surface area contributed by atoms with Crippen LogP contribution in [0.5, 0.6) is 0 Å². The summed E-state index contributed by atoms with van der Waals surface area (Å²) in [7, 11) is 0. The van der Waals surface area contributed by atoms with Crippen molar-refractivity contribution in [1.82, 2.24) is 0 Å². The molecular weight excluding hydrogens is 316 g/mol. The standard InChI is InChI=1S/C17H19BrS/c1-13-8-9-17(14(2)10-13)19-12-16(11-18)15-6-4-3-5-7-15/h3-10,16H,11-12H2,1-2H3. The highest BCUT2D eigenvalue weighted by Gasteiger charge is 2.11. The molecule has 0 nitrogen and oxygen atoms in total. The lowest BCUT2D eigenvalue weighted by atomic mass is 10.0. The molecule has 19 heavy (non-hydrogen) atoms. The van der Waals surface area contributed by atoms with Gasteiger partial charge in [0.25, 0.3) is 0 Å². The molecule has 2 aromatic carbocycles. The third-order valence-corrected chi connectivity index (χ3v) is 5.35. The lowest BCUT2D eigenvalue weighted by Gasteiger charge is -2.15. The van der Waals surface area contributed by atoms with E-state index >= 15 is 0 Å². The number of benzene rings is 2. The van der Waals surface area contributed by atoms with Gasteiger partial charge in [-0.1, -0.05) is 64.0 Å². The molecule has 0 aromatic heterocycles. The zero-order valence-corrected chi connectivity index (χ0v) is 13.8. The van der Waals surface area contributed by atoms with E-state index in [-0.39, 0.29) is 0 Å². The predicted octanol–water partition coefficient (Wildman–Crippen LogP) is 5.57. The van der Waals surface area contributed by atoms with Crippen LogP contribution in [0.25, 0.3) is 0 Å². The average Bonchev–Trinajstić information content (AvgIpc) is 2.43. The van der Waals surface area contributed by atoms with E-state index in [4.69, 9.17) is 0 Å². The van der Waals surface area contributed by atoms with E-state index < -0.39 is 0 Å². The van der Waals surface area contributed by atoms with Crippen molar-refractivity contribution < 1.29 is 0 Å². The molecule has 0 aliphatic heterocycles. The first-order chi connectivity index (χ1) is 9.20. The zero-order valence-electron chi connectivity index (χ0n) is 11.4. The Bertz CT molecular complexity index is 522. The van der Waals surface area contributed by atoms with E-state index in [2.05, 4.69) is 78.3 Å². The van der Waals surface area contributed by atoms with Gasteiger partial charge in [-0.15, -0.1) is 11.8 Å². The fraction of sp³-hybridized carbons (Fsp3) is 0.294. The fourth-order valence-electron chi connectivity index (χ4n) is 2.11. The summed E-state index contributed by atoms with van der Waals surface area (Å²) in [4.78, 5) is 1.40. The molecule has 0 saturated carbocycles. The van der Waals surface area contributed by atoms with Gasteiger partial charge in [-0.3, -0.25) is 0 Å². The van der Waals surface area contributed by atoms with Gasteiger partial charge in [-0.2, -0.15) is 0 Å². The quantitative estimate of drug-likeness (QED) is 0.508. The molecule has 2 rings (SSSR count). The first kappa shape index (κ1) is 14.7. The Kier molecular flexibility index (Phi) is 5.53. The van der Waals surface area contributed by atoms with Crippen molar-refractivity contribution in [3.8, 4) is 0 Å². The van der Waals surface area contributed by atoms with Gasteiger partial charge < -0.3 is 0 Å². The Hall–Kier alpha value is -0.730. The van der Waals surface area contributed by atoms with Crippen LogP contribution in [0.4, 0.5) is 0 Å². The number of hydrogen-bond acceptors (Lipinski definition) is 1. The molecule has 2 aromatic rings. The zero-order chi connectivity index (χ0) is 13.7. The summed E-state index contributed by atoms with van der Waals surface area (Å²) < 4.78 is 0. The summed E-state index contributed by atoms with van der Waals surface area (Å²) in [6.45, 7) is 4.34. The Morgan fingerprint density at radius 1 is 1.05 bits per heavy atom. The van der Waals surface area contributed by atoms with Crippen molar-refractivity contribution in [2.75, 3.05) is 11.1 Å². The van der Waals surface area contributed by atoms with Gasteiger partial charge in [0.15, 0.2) is 0 Å². The van der Waals surface area contributed by atoms with Gasteiger partial charge >= 0.3 is 0 Å². The van der Waals surface area contributed by atoms with Crippen LogP contribution in [-0.4, -0.2) is 11.1 Å². The summed E-state index contributed by atoms with van der Waals surface area (Å²) in [6, 6.07) is 17.4. The lowest BCUT2D eigenvalue weighted by molar-refractivity contribution is 0.902. The Morgan fingerprint density at radius 2 is 1.79 bits per heavy atom. The highest BCUT2D eigenvalue weighted by atomic mass is 79.9. The molecule has 0 aliphatic carbocycles. The molecule has 0 aliphatic rings. The minimum absolute atomic E-state index is 0.562. The molecule has 100 valence electrons. The number of alkyl halides is 1. The molecule has 0 amide bonds. The van der Waals surface area contributed by atoms with Crippen LogP contribution < -0.4 is 0 Å². The molecule has 0 saturated heterocycles. The second kappa shape index (κ2) is 7.16. The predicted molar refractivity (Wildman–Crippen MR) is 89.6 cm³/mol. The Morgan fingerprint density at radius 3 is 2.42 bits per heavy atom. The topological polar surface area (TPSA) is 0 Å². The molecule has 0 fully saturated rings. The van der Waals surface area contributed by atoms with E-state index in [9.17, 15) is 0 Å². The molecule has 2 heteroatoms. The van der Waals surface area contributed by atoms with Gasteiger partial charge in [0, 0.05) is 21.9 Å². The van der Waals surface area contributed by atoms with Crippen molar-refractivity contribution >= 4 is 27.7 Å². The van der Waals surface area contributed by atoms with Crippen LogP contribution in [0.1, 0.15) is 22.6 Å². The summed E-state index contributed by atoms with van der Waals surface area (Å²) in [5.74, 6) is 1.67.